The molecular weight excluding hydrogens is 240 g/mol. The second kappa shape index (κ2) is 3.73. The lowest BCUT2D eigenvalue weighted by atomic mass is 10.2. The minimum absolute atomic E-state index is 0.733. The Morgan fingerprint density at radius 3 is 2.86 bits per heavy atom. The maximum Gasteiger partial charge on any atom is 0.100 e. The Labute approximate surface area is 92.6 Å². The standard InChI is InChI=1S/C11H13BrN2/c1-8-4-2-5-9(11(8)12)14-7-3-6-10(14)13/h2,4-5,13H,3,6-7H2,1H3. The highest BCUT2D eigenvalue weighted by Crippen LogP contribution is 2.31. The Balaban J connectivity index is 2.41. The van der Waals surface area contributed by atoms with E-state index in [9.17, 15) is 0 Å². The van der Waals surface area contributed by atoms with Gasteiger partial charge in [-0.25, -0.2) is 0 Å². The second-order valence-electron chi connectivity index (χ2n) is 3.61. The van der Waals surface area contributed by atoms with Gasteiger partial charge in [-0.15, -0.1) is 0 Å². The predicted octanol–water partition coefficient (Wildman–Crippen LogP) is 3.33. The first kappa shape index (κ1) is 9.71. The molecule has 0 aromatic heterocycles. The summed E-state index contributed by atoms with van der Waals surface area (Å²) in [5, 5.41) is 7.82. The second-order valence-corrected chi connectivity index (χ2v) is 4.40. The van der Waals surface area contributed by atoms with E-state index in [0.717, 1.165) is 35.4 Å². The molecule has 1 fully saturated rings. The minimum Gasteiger partial charge on any atom is -0.329 e. The number of nitrogens with one attached hydrogen (secondary N) is 1. The SMILES string of the molecule is Cc1cccc(N2CCCC2=N)c1Br. The van der Waals surface area contributed by atoms with E-state index in [1.165, 1.54) is 5.56 Å². The van der Waals surface area contributed by atoms with Gasteiger partial charge in [0.2, 0.25) is 0 Å². The van der Waals surface area contributed by atoms with E-state index in [1.54, 1.807) is 0 Å². The quantitative estimate of drug-likeness (QED) is 0.816. The van der Waals surface area contributed by atoms with Gasteiger partial charge in [-0.1, -0.05) is 12.1 Å². The summed E-state index contributed by atoms with van der Waals surface area (Å²) < 4.78 is 1.12. The maximum atomic E-state index is 7.82. The molecule has 0 bridgehead atoms. The predicted molar refractivity (Wildman–Crippen MR) is 63.2 cm³/mol. The normalized spacial score (nSPS) is 16.4. The number of benzene rings is 1. The van der Waals surface area contributed by atoms with Gasteiger partial charge in [0.05, 0.1) is 5.69 Å². The molecule has 0 atom stereocenters. The number of anilines is 1. The van der Waals surface area contributed by atoms with Crippen LogP contribution in [0.15, 0.2) is 22.7 Å². The topological polar surface area (TPSA) is 27.1 Å². The highest BCUT2D eigenvalue weighted by Gasteiger charge is 2.20. The van der Waals surface area contributed by atoms with Gasteiger partial charge >= 0.3 is 0 Å². The Hall–Kier alpha value is -0.830. The van der Waals surface area contributed by atoms with E-state index in [0.29, 0.717) is 0 Å². The first-order valence-corrected chi connectivity index (χ1v) is 5.59. The van der Waals surface area contributed by atoms with Crippen molar-refractivity contribution in [1.82, 2.24) is 0 Å². The molecule has 0 radical (unpaired) electrons. The van der Waals surface area contributed by atoms with Crippen molar-refractivity contribution in [3.8, 4) is 0 Å². The van der Waals surface area contributed by atoms with Crippen LogP contribution in [-0.2, 0) is 0 Å². The fourth-order valence-electron chi connectivity index (χ4n) is 1.78. The van der Waals surface area contributed by atoms with Crippen molar-refractivity contribution < 1.29 is 0 Å². The lowest BCUT2D eigenvalue weighted by Gasteiger charge is -2.20. The molecule has 1 aromatic rings. The van der Waals surface area contributed by atoms with Gasteiger partial charge in [0, 0.05) is 17.4 Å². The number of aryl methyl sites for hydroxylation is 1. The van der Waals surface area contributed by atoms with Crippen LogP contribution < -0.4 is 4.90 Å². The van der Waals surface area contributed by atoms with Crippen LogP contribution in [0.5, 0.6) is 0 Å². The summed E-state index contributed by atoms with van der Waals surface area (Å²) in [4.78, 5) is 2.08. The Kier molecular flexibility index (Phi) is 2.59. The molecule has 74 valence electrons. The molecule has 1 aliphatic heterocycles. The summed E-state index contributed by atoms with van der Waals surface area (Å²) >= 11 is 3.58. The molecule has 0 aliphatic carbocycles. The van der Waals surface area contributed by atoms with Crippen molar-refractivity contribution in [3.05, 3.63) is 28.2 Å². The summed E-state index contributed by atoms with van der Waals surface area (Å²) in [6.45, 7) is 3.05. The molecule has 2 rings (SSSR count). The largest absolute Gasteiger partial charge is 0.329 e. The van der Waals surface area contributed by atoms with E-state index in [4.69, 9.17) is 5.41 Å². The molecule has 14 heavy (non-hydrogen) atoms. The Bertz CT molecular complexity index is 374. The third kappa shape index (κ3) is 1.57. The van der Waals surface area contributed by atoms with Crippen molar-refractivity contribution in [1.29, 1.82) is 5.41 Å². The number of hydrogen-bond acceptors (Lipinski definition) is 1. The van der Waals surface area contributed by atoms with Crippen LogP contribution in [0.2, 0.25) is 0 Å². The highest BCUT2D eigenvalue weighted by atomic mass is 79.9. The van der Waals surface area contributed by atoms with Crippen LogP contribution in [0.4, 0.5) is 5.69 Å². The van der Waals surface area contributed by atoms with E-state index in [2.05, 4.69) is 39.9 Å². The third-order valence-electron chi connectivity index (χ3n) is 2.58. The molecule has 1 aliphatic rings. The third-order valence-corrected chi connectivity index (χ3v) is 3.61. The Morgan fingerprint density at radius 2 is 2.21 bits per heavy atom. The summed E-state index contributed by atoms with van der Waals surface area (Å²) in [5.41, 5.74) is 2.36. The fourth-order valence-corrected chi connectivity index (χ4v) is 2.26. The van der Waals surface area contributed by atoms with Crippen LogP contribution in [0, 0.1) is 12.3 Å². The van der Waals surface area contributed by atoms with Gasteiger partial charge in [-0.05, 0) is 40.9 Å². The highest BCUT2D eigenvalue weighted by molar-refractivity contribution is 9.10. The van der Waals surface area contributed by atoms with Crippen LogP contribution in [-0.4, -0.2) is 12.4 Å². The molecule has 3 heteroatoms. The van der Waals surface area contributed by atoms with Gasteiger partial charge in [-0.3, -0.25) is 5.41 Å². The number of nitrogens with zero attached hydrogens (tertiary/aromatic N) is 1. The first-order valence-electron chi connectivity index (χ1n) is 4.80. The number of halogens is 1. The first-order chi connectivity index (χ1) is 6.70. The zero-order valence-corrected chi connectivity index (χ0v) is 9.76. The smallest absolute Gasteiger partial charge is 0.100 e. The van der Waals surface area contributed by atoms with Crippen LogP contribution in [0.3, 0.4) is 0 Å². The van der Waals surface area contributed by atoms with Crippen molar-refractivity contribution >= 4 is 27.5 Å². The van der Waals surface area contributed by atoms with E-state index in [1.807, 2.05) is 6.07 Å². The molecule has 0 spiro atoms. The van der Waals surface area contributed by atoms with Crippen LogP contribution >= 0.6 is 15.9 Å². The fraction of sp³-hybridized carbons (Fsp3) is 0.364. The van der Waals surface area contributed by atoms with Gasteiger partial charge in [0.15, 0.2) is 0 Å². The van der Waals surface area contributed by atoms with Crippen molar-refractivity contribution in [3.63, 3.8) is 0 Å². The molecule has 0 unspecified atom stereocenters. The molecule has 0 amide bonds. The minimum atomic E-state index is 0.733. The van der Waals surface area contributed by atoms with Gasteiger partial charge in [-0.2, -0.15) is 0 Å². The summed E-state index contributed by atoms with van der Waals surface area (Å²) in [7, 11) is 0. The summed E-state index contributed by atoms with van der Waals surface area (Å²) in [6.07, 6.45) is 2.00. The summed E-state index contributed by atoms with van der Waals surface area (Å²) in [6, 6.07) is 6.19. The molecule has 0 saturated carbocycles. The maximum absolute atomic E-state index is 7.82. The average molecular weight is 253 g/mol. The molecular formula is C11H13BrN2. The van der Waals surface area contributed by atoms with E-state index >= 15 is 0 Å². The monoisotopic (exact) mass is 252 g/mol. The average Bonchev–Trinajstić information content (AvgIpc) is 2.57. The molecule has 1 heterocycles. The molecule has 1 aromatic carbocycles. The van der Waals surface area contributed by atoms with Crippen molar-refractivity contribution in [2.45, 2.75) is 19.8 Å². The lowest BCUT2D eigenvalue weighted by Crippen LogP contribution is -2.23. The summed E-state index contributed by atoms with van der Waals surface area (Å²) in [5.74, 6) is 0.733. The van der Waals surface area contributed by atoms with E-state index < -0.39 is 0 Å². The number of rotatable bonds is 1. The zero-order chi connectivity index (χ0) is 10.1. The number of hydrogen-bond donors (Lipinski definition) is 1. The zero-order valence-electron chi connectivity index (χ0n) is 8.18. The van der Waals surface area contributed by atoms with Gasteiger partial charge in [0.1, 0.15) is 5.84 Å². The van der Waals surface area contributed by atoms with E-state index in [-0.39, 0.29) is 0 Å². The number of amidine groups is 1. The van der Waals surface area contributed by atoms with Crippen molar-refractivity contribution in [2.24, 2.45) is 0 Å². The van der Waals surface area contributed by atoms with Gasteiger partial charge < -0.3 is 4.90 Å². The van der Waals surface area contributed by atoms with Crippen LogP contribution in [0.1, 0.15) is 18.4 Å². The Morgan fingerprint density at radius 1 is 1.43 bits per heavy atom. The van der Waals surface area contributed by atoms with Gasteiger partial charge in [0.25, 0.3) is 0 Å². The molecule has 2 nitrogen and oxygen atoms in total. The van der Waals surface area contributed by atoms with Crippen LogP contribution in [0.25, 0.3) is 0 Å². The lowest BCUT2D eigenvalue weighted by molar-refractivity contribution is 0.954. The molecule has 1 saturated heterocycles. The van der Waals surface area contributed by atoms with Crippen molar-refractivity contribution in [2.75, 3.05) is 11.4 Å². The molecule has 1 N–H and O–H groups in total.